The zero-order chi connectivity index (χ0) is 38.4. The van der Waals surface area contributed by atoms with Crippen LogP contribution >= 0.6 is 35.0 Å². The fraction of sp³-hybridized carbons (Fsp3) is 0.528. The summed E-state index contributed by atoms with van der Waals surface area (Å²) in [6.07, 6.45) is -4.39. The van der Waals surface area contributed by atoms with Crippen LogP contribution in [0.4, 0.5) is 22.0 Å². The van der Waals surface area contributed by atoms with Crippen LogP contribution in [0.2, 0.25) is 10.2 Å². The third kappa shape index (κ3) is 6.37. The number of thioether (sulfide) groups is 1. The Morgan fingerprint density at radius 1 is 1.08 bits per heavy atom. The summed E-state index contributed by atoms with van der Waals surface area (Å²) in [5, 5.41) is 0.657. The number of allylic oxidation sites excluding steroid dienone is 1. The molecule has 1 aliphatic carbocycles. The van der Waals surface area contributed by atoms with Crippen LogP contribution in [-0.2, 0) is 19.9 Å². The molecule has 7 rings (SSSR count). The largest absolute Gasteiger partial charge is 0.471 e. The lowest BCUT2D eigenvalue weighted by Crippen LogP contribution is -2.66. The number of rotatable bonds is 6. The molecule has 4 aliphatic heterocycles. The Labute approximate surface area is 317 Å². The lowest BCUT2D eigenvalue weighted by atomic mass is 9.81. The molecule has 1 aromatic carbocycles. The minimum atomic E-state index is -5.06. The molecule has 0 unspecified atom stereocenters. The molecule has 0 bridgehead atoms. The second kappa shape index (κ2) is 13.4. The fourth-order valence-corrected chi connectivity index (χ4v) is 9.81. The van der Waals surface area contributed by atoms with E-state index < -0.39 is 65.1 Å². The number of likely N-dealkylation sites (tertiary alicyclic amines) is 1. The molecule has 53 heavy (non-hydrogen) atoms. The van der Waals surface area contributed by atoms with Crippen molar-refractivity contribution < 1.29 is 36.3 Å². The number of hydrogen-bond acceptors (Lipinski definition) is 7. The normalized spacial score (nSPS) is 28.0. The van der Waals surface area contributed by atoms with Gasteiger partial charge in [-0.15, -0.1) is 0 Å². The minimum absolute atomic E-state index is 0.0640. The Balaban J connectivity index is 1.23. The highest BCUT2D eigenvalue weighted by atomic mass is 35.5. The molecule has 1 saturated carbocycles. The number of carbonyl (C=O) groups excluding carboxylic acids is 3. The van der Waals surface area contributed by atoms with Crippen LogP contribution in [0.15, 0.2) is 52.1 Å². The van der Waals surface area contributed by atoms with Crippen molar-refractivity contribution in [3.8, 4) is 0 Å². The number of carbonyl (C=O) groups is 3. The van der Waals surface area contributed by atoms with Gasteiger partial charge in [-0.1, -0.05) is 56.1 Å². The van der Waals surface area contributed by atoms with Crippen molar-refractivity contribution in [2.75, 3.05) is 19.6 Å². The van der Waals surface area contributed by atoms with E-state index in [0.717, 1.165) is 16.7 Å². The van der Waals surface area contributed by atoms with Gasteiger partial charge < -0.3 is 19.6 Å². The second-order valence-corrected chi connectivity index (χ2v) is 16.6. The summed E-state index contributed by atoms with van der Waals surface area (Å²) >= 11 is 13.3. The first kappa shape index (κ1) is 37.9. The summed E-state index contributed by atoms with van der Waals surface area (Å²) < 4.78 is 71.0. The van der Waals surface area contributed by atoms with Crippen molar-refractivity contribution in [1.29, 1.82) is 0 Å². The van der Waals surface area contributed by atoms with Crippen LogP contribution in [0.25, 0.3) is 0 Å². The lowest BCUT2D eigenvalue weighted by molar-refractivity contribution is -0.193. The predicted octanol–water partition coefficient (Wildman–Crippen LogP) is 7.25. The lowest BCUT2D eigenvalue weighted by Gasteiger charge is -2.48. The van der Waals surface area contributed by atoms with Gasteiger partial charge in [0.05, 0.1) is 23.1 Å². The van der Waals surface area contributed by atoms with Crippen molar-refractivity contribution in [1.82, 2.24) is 24.6 Å². The van der Waals surface area contributed by atoms with E-state index in [0.29, 0.717) is 34.8 Å². The number of pyridine rings is 1. The molecule has 5 heterocycles. The molecule has 5 atom stereocenters. The van der Waals surface area contributed by atoms with Gasteiger partial charge in [0.15, 0.2) is 5.17 Å². The molecule has 3 amide bonds. The summed E-state index contributed by atoms with van der Waals surface area (Å²) in [5.41, 5.74) is -0.412. The molecule has 9 nitrogen and oxygen atoms in total. The molecule has 2 aromatic rings. The number of nitrogens with zero attached hydrogens (tertiary/aromatic N) is 6. The molecule has 1 spiro atoms. The molecule has 2 saturated heterocycles. The maximum Gasteiger partial charge on any atom is 0.471 e. The van der Waals surface area contributed by atoms with Crippen molar-refractivity contribution in [2.45, 2.75) is 94.9 Å². The van der Waals surface area contributed by atoms with E-state index >= 15 is 8.78 Å². The SMILES string of the molecule is CC[C@H]1CN(C(=O)C(F)(F)F)C2(CC2)CN1C(=O)[C@H]1C[C@@H](F)CN1C(=O)C1=C(C(C)C)N2C(=N[C@@](C)(c3ccc(Cl)nc3)[C@H]2c2ccc(Cl)c(F)c2)S1. The van der Waals surface area contributed by atoms with E-state index in [1.807, 2.05) is 25.7 Å². The molecule has 3 fully saturated rings. The van der Waals surface area contributed by atoms with E-state index in [1.165, 1.54) is 21.9 Å². The van der Waals surface area contributed by atoms with Crippen molar-refractivity contribution >= 4 is 57.9 Å². The number of fused-ring (bicyclic) bond motifs is 1. The number of halogens is 7. The zero-order valence-electron chi connectivity index (χ0n) is 29.3. The molecule has 1 aromatic heterocycles. The van der Waals surface area contributed by atoms with E-state index in [4.69, 9.17) is 28.2 Å². The van der Waals surface area contributed by atoms with Crippen molar-refractivity contribution in [3.63, 3.8) is 0 Å². The number of alkyl halides is 4. The van der Waals surface area contributed by atoms with E-state index in [2.05, 4.69) is 4.98 Å². The van der Waals surface area contributed by atoms with Crippen LogP contribution < -0.4 is 0 Å². The standard InChI is InChI=1S/C36H37Cl2F5N6O3S/c1-5-22-16-48(32(52)36(41,42)43)35(10-11-35)17-47(22)30(50)25-13-21(39)15-46(25)31(51)28-27(18(2)3)49-29(19-6-8-23(37)24(40)12-19)34(4,45-33(49)53-28)20-7-9-26(38)44-14-20/h6-9,12,14,18,21-22,25,29H,5,10-11,13,15-17H2,1-4H3/t21-,22+,25-,29-,34+/m1/s1. The van der Waals surface area contributed by atoms with Crippen molar-refractivity contribution in [2.24, 2.45) is 10.9 Å². The van der Waals surface area contributed by atoms with Gasteiger partial charge >= 0.3 is 12.1 Å². The number of amidine groups is 1. The highest BCUT2D eigenvalue weighted by molar-refractivity contribution is 8.18. The Hall–Kier alpha value is -3.43. The zero-order valence-corrected chi connectivity index (χ0v) is 31.6. The summed E-state index contributed by atoms with van der Waals surface area (Å²) in [6.45, 7) is 6.58. The fourth-order valence-electron chi connectivity index (χ4n) is 8.22. The Morgan fingerprint density at radius 2 is 1.79 bits per heavy atom. The first-order valence-corrected chi connectivity index (χ1v) is 19.0. The maximum atomic E-state index is 15.3. The van der Waals surface area contributed by atoms with Gasteiger partial charge in [0.2, 0.25) is 5.91 Å². The Morgan fingerprint density at radius 3 is 2.38 bits per heavy atom. The molecular weight excluding hydrogens is 762 g/mol. The molecule has 0 N–H and O–H groups in total. The first-order valence-electron chi connectivity index (χ1n) is 17.4. The number of amides is 3. The highest BCUT2D eigenvalue weighted by Gasteiger charge is 2.61. The van der Waals surface area contributed by atoms with Gasteiger partial charge in [-0.05, 0) is 67.6 Å². The molecule has 5 aliphatic rings. The quantitative estimate of drug-likeness (QED) is 0.226. The average molecular weight is 800 g/mol. The van der Waals surface area contributed by atoms with E-state index in [1.54, 1.807) is 31.3 Å². The summed E-state index contributed by atoms with van der Waals surface area (Å²) in [6, 6.07) is 5.26. The van der Waals surface area contributed by atoms with Crippen LogP contribution in [0, 0.1) is 11.7 Å². The van der Waals surface area contributed by atoms with Crippen LogP contribution in [0.5, 0.6) is 0 Å². The third-order valence-electron chi connectivity index (χ3n) is 11.1. The van der Waals surface area contributed by atoms with Gasteiger partial charge in [-0.25, -0.2) is 18.8 Å². The number of aromatic nitrogens is 1. The van der Waals surface area contributed by atoms with Crippen LogP contribution in [-0.4, -0.2) is 97.1 Å². The van der Waals surface area contributed by atoms with Gasteiger partial charge in [-0.3, -0.25) is 14.4 Å². The Bertz CT molecular complexity index is 1930. The molecular formula is C36H37Cl2F5N6O3S. The minimum Gasteiger partial charge on any atom is -0.334 e. The van der Waals surface area contributed by atoms with Gasteiger partial charge in [0.25, 0.3) is 5.91 Å². The number of aliphatic imine (C=N–C) groups is 1. The van der Waals surface area contributed by atoms with E-state index in [-0.39, 0.29) is 53.5 Å². The maximum absolute atomic E-state index is 15.3. The van der Waals surface area contributed by atoms with Crippen LogP contribution in [0.3, 0.4) is 0 Å². The number of benzene rings is 1. The smallest absolute Gasteiger partial charge is 0.334 e. The second-order valence-electron chi connectivity index (χ2n) is 14.8. The van der Waals surface area contributed by atoms with E-state index in [9.17, 15) is 27.6 Å². The number of hydrogen-bond donors (Lipinski definition) is 0. The number of piperazine rings is 1. The Kier molecular flexibility index (Phi) is 9.57. The molecule has 284 valence electrons. The van der Waals surface area contributed by atoms with Crippen LogP contribution in [0.1, 0.15) is 70.5 Å². The predicted molar refractivity (Wildman–Crippen MR) is 190 cm³/mol. The van der Waals surface area contributed by atoms with Gasteiger partial charge in [-0.2, -0.15) is 13.2 Å². The summed E-state index contributed by atoms with van der Waals surface area (Å²) in [5.74, 6) is -4.00. The summed E-state index contributed by atoms with van der Waals surface area (Å²) in [7, 11) is 0. The first-order chi connectivity index (χ1) is 24.9. The molecule has 17 heteroatoms. The third-order valence-corrected chi connectivity index (χ3v) is 12.6. The van der Waals surface area contributed by atoms with Gasteiger partial charge in [0, 0.05) is 43.0 Å². The van der Waals surface area contributed by atoms with Gasteiger partial charge in [0.1, 0.15) is 33.6 Å². The average Bonchev–Trinajstić information content (AvgIpc) is 3.45. The van der Waals surface area contributed by atoms with Crippen molar-refractivity contribution in [3.05, 3.63) is 74.3 Å². The topological polar surface area (TPSA) is 89.4 Å². The summed E-state index contributed by atoms with van der Waals surface area (Å²) in [4.78, 5) is 56.4. The molecule has 0 radical (unpaired) electrons. The highest BCUT2D eigenvalue weighted by Crippen LogP contribution is 2.57. The monoisotopic (exact) mass is 798 g/mol.